The lowest BCUT2D eigenvalue weighted by atomic mass is 9.82. The van der Waals surface area contributed by atoms with Gasteiger partial charge in [-0.2, -0.15) is 0 Å². The average Bonchev–Trinajstić information content (AvgIpc) is 2.93. The summed E-state index contributed by atoms with van der Waals surface area (Å²) in [5, 5.41) is 20.9. The van der Waals surface area contributed by atoms with E-state index in [4.69, 9.17) is 0 Å². The Kier molecular flexibility index (Phi) is 4.02. The maximum Gasteiger partial charge on any atom is 0.311 e. The lowest BCUT2D eigenvalue weighted by molar-refractivity contribution is -0.150. The molecule has 0 fully saturated rings. The first-order chi connectivity index (χ1) is 9.63. The highest BCUT2D eigenvalue weighted by molar-refractivity contribution is 5.74. The Hall–Kier alpha value is -2.38. The minimum absolute atomic E-state index is 0.215. The van der Waals surface area contributed by atoms with Crippen molar-refractivity contribution < 1.29 is 9.90 Å². The highest BCUT2D eigenvalue weighted by Gasteiger charge is 2.36. The van der Waals surface area contributed by atoms with Gasteiger partial charge in [-0.15, -0.1) is 5.10 Å². The van der Waals surface area contributed by atoms with Gasteiger partial charge in [0, 0.05) is 12.4 Å². The third-order valence-electron chi connectivity index (χ3n) is 3.61. The van der Waals surface area contributed by atoms with Gasteiger partial charge < -0.3 is 5.11 Å². The summed E-state index contributed by atoms with van der Waals surface area (Å²) in [5.74, 6) is -0.369. The molecule has 2 rings (SSSR count). The summed E-state index contributed by atoms with van der Waals surface area (Å²) in [5.41, 5.74) is -0.219. The molecule has 0 radical (unpaired) electrons. The zero-order valence-corrected chi connectivity index (χ0v) is 11.4. The second-order valence-corrected chi connectivity index (χ2v) is 4.58. The van der Waals surface area contributed by atoms with E-state index in [0.717, 1.165) is 0 Å². The standard InChI is InChI=1S/C12H16N6O2/c1-3-12(4-2,11(19)20)7-18-10(15-16-17-18)9-5-13-8-14-6-9/h5-6,8H,3-4,7H2,1-2H3,(H,19,20). The van der Waals surface area contributed by atoms with Gasteiger partial charge in [-0.05, 0) is 23.3 Å². The third-order valence-corrected chi connectivity index (χ3v) is 3.61. The van der Waals surface area contributed by atoms with E-state index in [-0.39, 0.29) is 6.54 Å². The SMILES string of the molecule is CCC(CC)(Cn1nnnc1-c1cncnc1)C(=O)O. The molecule has 0 aliphatic carbocycles. The zero-order valence-electron chi connectivity index (χ0n) is 11.4. The third kappa shape index (κ3) is 2.49. The molecule has 0 saturated carbocycles. The number of aliphatic carboxylic acids is 1. The van der Waals surface area contributed by atoms with Crippen LogP contribution in [0.2, 0.25) is 0 Å². The molecule has 1 N–H and O–H groups in total. The second-order valence-electron chi connectivity index (χ2n) is 4.58. The van der Waals surface area contributed by atoms with Crippen molar-refractivity contribution >= 4 is 5.97 Å². The van der Waals surface area contributed by atoms with Crippen molar-refractivity contribution in [3.8, 4) is 11.4 Å². The highest BCUT2D eigenvalue weighted by Crippen LogP contribution is 2.30. The molecule has 106 valence electrons. The number of carboxylic acids is 1. The molecule has 0 saturated heterocycles. The predicted molar refractivity (Wildman–Crippen MR) is 69.5 cm³/mol. The van der Waals surface area contributed by atoms with E-state index >= 15 is 0 Å². The van der Waals surface area contributed by atoms with E-state index in [1.807, 2.05) is 13.8 Å². The van der Waals surface area contributed by atoms with E-state index in [1.54, 1.807) is 12.4 Å². The molecule has 0 atom stereocenters. The van der Waals surface area contributed by atoms with Crippen LogP contribution < -0.4 is 0 Å². The van der Waals surface area contributed by atoms with Crippen LogP contribution in [0.4, 0.5) is 0 Å². The molecule has 0 amide bonds. The van der Waals surface area contributed by atoms with Crippen molar-refractivity contribution in [3.05, 3.63) is 18.7 Å². The molecule has 2 aromatic heterocycles. The first-order valence-corrected chi connectivity index (χ1v) is 6.38. The number of rotatable bonds is 6. The number of hydrogen-bond donors (Lipinski definition) is 1. The van der Waals surface area contributed by atoms with Gasteiger partial charge in [0.05, 0.1) is 17.5 Å². The second kappa shape index (κ2) is 5.72. The Bertz CT molecular complexity index is 579. The quantitative estimate of drug-likeness (QED) is 0.839. The summed E-state index contributed by atoms with van der Waals surface area (Å²) < 4.78 is 1.50. The molecule has 0 unspecified atom stereocenters. The van der Waals surface area contributed by atoms with Crippen LogP contribution in [-0.2, 0) is 11.3 Å². The normalized spacial score (nSPS) is 11.5. The maximum absolute atomic E-state index is 11.6. The Morgan fingerprint density at radius 1 is 1.30 bits per heavy atom. The molecule has 0 aromatic carbocycles. The van der Waals surface area contributed by atoms with Crippen molar-refractivity contribution in [2.24, 2.45) is 5.41 Å². The highest BCUT2D eigenvalue weighted by atomic mass is 16.4. The van der Waals surface area contributed by atoms with Crippen molar-refractivity contribution in [3.63, 3.8) is 0 Å². The van der Waals surface area contributed by atoms with Crippen LogP contribution in [0, 0.1) is 5.41 Å². The summed E-state index contributed by atoms with van der Waals surface area (Å²) in [6.07, 6.45) is 5.61. The topological polar surface area (TPSA) is 107 Å². The summed E-state index contributed by atoms with van der Waals surface area (Å²) in [7, 11) is 0. The Morgan fingerprint density at radius 3 is 2.50 bits per heavy atom. The Balaban J connectivity index is 2.36. The first-order valence-electron chi connectivity index (χ1n) is 6.38. The van der Waals surface area contributed by atoms with E-state index in [2.05, 4.69) is 25.5 Å². The van der Waals surface area contributed by atoms with Gasteiger partial charge in [0.1, 0.15) is 6.33 Å². The zero-order chi connectivity index (χ0) is 14.6. The van der Waals surface area contributed by atoms with Gasteiger partial charge in [0.15, 0.2) is 5.82 Å². The van der Waals surface area contributed by atoms with Gasteiger partial charge in [0.2, 0.25) is 0 Å². The average molecular weight is 276 g/mol. The lowest BCUT2D eigenvalue weighted by Crippen LogP contribution is -2.35. The Morgan fingerprint density at radius 2 is 1.95 bits per heavy atom. The van der Waals surface area contributed by atoms with Gasteiger partial charge in [0.25, 0.3) is 0 Å². The van der Waals surface area contributed by atoms with Crippen LogP contribution in [0.3, 0.4) is 0 Å². The molecule has 0 spiro atoms. The van der Waals surface area contributed by atoms with Crippen LogP contribution in [0.15, 0.2) is 18.7 Å². The van der Waals surface area contributed by atoms with Crippen molar-refractivity contribution in [2.45, 2.75) is 33.2 Å². The van der Waals surface area contributed by atoms with E-state index in [0.29, 0.717) is 24.2 Å². The number of aromatic nitrogens is 6. The summed E-state index contributed by atoms with van der Waals surface area (Å²) >= 11 is 0. The van der Waals surface area contributed by atoms with E-state index in [1.165, 1.54) is 11.0 Å². The van der Waals surface area contributed by atoms with E-state index in [9.17, 15) is 9.90 Å². The van der Waals surface area contributed by atoms with Crippen molar-refractivity contribution in [1.29, 1.82) is 0 Å². The molecule has 20 heavy (non-hydrogen) atoms. The number of carbonyl (C=O) groups is 1. The van der Waals surface area contributed by atoms with Crippen LogP contribution in [0.1, 0.15) is 26.7 Å². The van der Waals surface area contributed by atoms with Crippen molar-refractivity contribution in [2.75, 3.05) is 0 Å². The number of hydrogen-bond acceptors (Lipinski definition) is 6. The first kappa shape index (κ1) is 14.0. The van der Waals surface area contributed by atoms with Gasteiger partial charge in [-0.1, -0.05) is 13.8 Å². The minimum atomic E-state index is -0.875. The van der Waals surface area contributed by atoms with Crippen LogP contribution in [-0.4, -0.2) is 41.3 Å². The molecule has 8 nitrogen and oxygen atoms in total. The van der Waals surface area contributed by atoms with Gasteiger partial charge >= 0.3 is 5.97 Å². The molecule has 2 aromatic rings. The number of carboxylic acid groups (broad SMARTS) is 1. The molecular formula is C12H16N6O2. The molecule has 0 bridgehead atoms. The molecule has 8 heteroatoms. The molecule has 2 heterocycles. The predicted octanol–water partition coefficient (Wildman–Crippen LogP) is 1.02. The smallest absolute Gasteiger partial charge is 0.311 e. The lowest BCUT2D eigenvalue weighted by Gasteiger charge is -2.26. The number of tetrazole rings is 1. The minimum Gasteiger partial charge on any atom is -0.481 e. The number of nitrogens with zero attached hydrogens (tertiary/aromatic N) is 6. The van der Waals surface area contributed by atoms with Gasteiger partial charge in [-0.3, -0.25) is 4.79 Å². The molecule has 0 aliphatic heterocycles. The monoisotopic (exact) mass is 276 g/mol. The summed E-state index contributed by atoms with van der Waals surface area (Å²) in [6.45, 7) is 3.92. The van der Waals surface area contributed by atoms with Gasteiger partial charge in [-0.25, -0.2) is 14.6 Å². The molecule has 0 aliphatic rings. The fourth-order valence-corrected chi connectivity index (χ4v) is 2.06. The van der Waals surface area contributed by atoms with E-state index < -0.39 is 11.4 Å². The summed E-state index contributed by atoms with van der Waals surface area (Å²) in [6, 6.07) is 0. The molecular weight excluding hydrogens is 260 g/mol. The fourth-order valence-electron chi connectivity index (χ4n) is 2.06. The summed E-state index contributed by atoms with van der Waals surface area (Å²) in [4.78, 5) is 19.4. The van der Waals surface area contributed by atoms with Crippen molar-refractivity contribution in [1.82, 2.24) is 30.2 Å². The largest absolute Gasteiger partial charge is 0.481 e. The van der Waals surface area contributed by atoms with Crippen LogP contribution in [0.25, 0.3) is 11.4 Å². The Labute approximate surface area is 115 Å². The maximum atomic E-state index is 11.6. The fraction of sp³-hybridized carbons (Fsp3) is 0.500. The van der Waals surface area contributed by atoms with Crippen LogP contribution in [0.5, 0.6) is 0 Å². The van der Waals surface area contributed by atoms with Crippen LogP contribution >= 0.6 is 0 Å².